The third-order valence-corrected chi connectivity index (χ3v) is 1.97. The van der Waals surface area contributed by atoms with Crippen LogP contribution in [0.5, 0.6) is 0 Å². The zero-order valence-electron chi connectivity index (χ0n) is 8.53. The van der Waals surface area contributed by atoms with Crippen LogP contribution in [0.25, 0.3) is 0 Å². The fourth-order valence-electron chi connectivity index (χ4n) is 1.19. The van der Waals surface area contributed by atoms with E-state index in [-0.39, 0.29) is 6.61 Å². The van der Waals surface area contributed by atoms with Crippen molar-refractivity contribution in [3.63, 3.8) is 0 Å². The molecule has 0 amide bonds. The summed E-state index contributed by atoms with van der Waals surface area (Å²) in [4.78, 5) is 4.22. The lowest BCUT2D eigenvalue weighted by Gasteiger charge is -1.99. The van der Waals surface area contributed by atoms with Gasteiger partial charge >= 0.3 is 0 Å². The molecule has 1 heterocycles. The smallest absolute Gasteiger partial charge is 0.120 e. The Labute approximate surface area is 84.8 Å². The van der Waals surface area contributed by atoms with E-state index in [4.69, 9.17) is 5.11 Å². The van der Waals surface area contributed by atoms with Crippen LogP contribution >= 0.6 is 0 Å². The number of aliphatic hydroxyl groups is 1. The van der Waals surface area contributed by atoms with E-state index >= 15 is 0 Å². The van der Waals surface area contributed by atoms with Crippen molar-refractivity contribution in [3.8, 4) is 11.8 Å². The Balaban J connectivity index is 2.39. The molecule has 1 N–H and O–H groups in total. The maximum absolute atomic E-state index is 8.55. The number of nitrogens with zero attached hydrogens (tertiary/aromatic N) is 2. The number of aliphatic hydroxyl groups excluding tert-OH is 1. The fourth-order valence-corrected chi connectivity index (χ4v) is 1.19. The highest BCUT2D eigenvalue weighted by Gasteiger charge is 1.96. The van der Waals surface area contributed by atoms with Crippen LogP contribution in [0.2, 0.25) is 0 Å². The molecular formula is C11H16N2O. The highest BCUT2D eigenvalue weighted by molar-refractivity contribution is 5.08. The van der Waals surface area contributed by atoms with Gasteiger partial charge in [-0.1, -0.05) is 5.92 Å². The van der Waals surface area contributed by atoms with Gasteiger partial charge in [-0.3, -0.25) is 0 Å². The van der Waals surface area contributed by atoms with Crippen molar-refractivity contribution in [2.24, 2.45) is 0 Å². The fraction of sp³-hybridized carbons (Fsp3) is 0.545. The van der Waals surface area contributed by atoms with E-state index in [1.54, 1.807) is 6.20 Å². The lowest BCUT2D eigenvalue weighted by Crippen LogP contribution is -1.99. The summed E-state index contributed by atoms with van der Waals surface area (Å²) in [5.74, 6) is 7.08. The lowest BCUT2D eigenvalue weighted by atomic mass is 10.3. The molecule has 0 atom stereocenters. The zero-order chi connectivity index (χ0) is 10.2. The number of imidazole rings is 1. The van der Waals surface area contributed by atoms with E-state index in [9.17, 15) is 0 Å². The Bertz CT molecular complexity index is 320. The highest BCUT2D eigenvalue weighted by Crippen LogP contribution is 1.97. The third kappa shape index (κ3) is 3.23. The second kappa shape index (κ2) is 6.22. The molecule has 0 saturated heterocycles. The molecule has 0 aliphatic rings. The predicted octanol–water partition coefficient (Wildman–Crippen LogP) is 1.22. The molecule has 0 radical (unpaired) electrons. The Hall–Kier alpha value is -1.27. The molecule has 14 heavy (non-hydrogen) atoms. The van der Waals surface area contributed by atoms with Crippen LogP contribution in [-0.2, 0) is 13.0 Å². The first kappa shape index (κ1) is 10.8. The Kier molecular flexibility index (Phi) is 4.81. The van der Waals surface area contributed by atoms with Gasteiger partial charge in [0, 0.05) is 32.0 Å². The van der Waals surface area contributed by atoms with Crippen LogP contribution in [-0.4, -0.2) is 21.3 Å². The summed E-state index contributed by atoms with van der Waals surface area (Å²) < 4.78 is 2.08. The largest absolute Gasteiger partial charge is 0.396 e. The third-order valence-electron chi connectivity index (χ3n) is 1.97. The minimum Gasteiger partial charge on any atom is -0.396 e. The molecule has 3 heteroatoms. The molecule has 0 saturated carbocycles. The van der Waals surface area contributed by atoms with Gasteiger partial charge < -0.3 is 9.67 Å². The molecule has 0 aromatic carbocycles. The average molecular weight is 192 g/mol. The van der Waals surface area contributed by atoms with Crippen molar-refractivity contribution in [2.75, 3.05) is 6.61 Å². The summed E-state index contributed by atoms with van der Waals surface area (Å²) in [6.07, 6.45) is 5.99. The molecule has 76 valence electrons. The monoisotopic (exact) mass is 192 g/mol. The van der Waals surface area contributed by atoms with E-state index in [0.29, 0.717) is 6.42 Å². The van der Waals surface area contributed by atoms with Gasteiger partial charge in [0.15, 0.2) is 0 Å². The maximum Gasteiger partial charge on any atom is 0.120 e. The summed E-state index contributed by atoms with van der Waals surface area (Å²) in [6.45, 7) is 3.25. The molecule has 0 spiro atoms. The number of rotatable bonds is 4. The molecule has 0 aliphatic carbocycles. The molecule has 0 fully saturated rings. The van der Waals surface area contributed by atoms with E-state index < -0.39 is 0 Å². The topological polar surface area (TPSA) is 38.0 Å². The van der Waals surface area contributed by atoms with Crippen molar-refractivity contribution in [1.29, 1.82) is 0 Å². The van der Waals surface area contributed by atoms with Gasteiger partial charge in [0.2, 0.25) is 0 Å². The number of aryl methyl sites for hydroxylation is 1. The molecule has 3 nitrogen and oxygen atoms in total. The van der Waals surface area contributed by atoms with Gasteiger partial charge in [0.25, 0.3) is 0 Å². The first-order valence-corrected chi connectivity index (χ1v) is 4.95. The molecular weight excluding hydrogens is 176 g/mol. The number of hydrogen-bond donors (Lipinski definition) is 1. The second-order valence-electron chi connectivity index (χ2n) is 2.99. The van der Waals surface area contributed by atoms with Gasteiger partial charge in [0.05, 0.1) is 6.42 Å². The van der Waals surface area contributed by atoms with Crippen molar-refractivity contribution < 1.29 is 5.11 Å². The predicted molar refractivity (Wildman–Crippen MR) is 55.7 cm³/mol. The Morgan fingerprint density at radius 1 is 1.50 bits per heavy atom. The minimum atomic E-state index is 0.221. The Morgan fingerprint density at radius 2 is 2.36 bits per heavy atom. The van der Waals surface area contributed by atoms with Crippen LogP contribution < -0.4 is 0 Å². The summed E-state index contributed by atoms with van der Waals surface area (Å²) in [5.41, 5.74) is 0. The van der Waals surface area contributed by atoms with Crippen LogP contribution in [0.15, 0.2) is 12.4 Å². The van der Waals surface area contributed by atoms with E-state index in [2.05, 4.69) is 28.3 Å². The van der Waals surface area contributed by atoms with Crippen LogP contribution in [0.1, 0.15) is 25.6 Å². The highest BCUT2D eigenvalue weighted by atomic mass is 16.2. The minimum absolute atomic E-state index is 0.221. The molecule has 1 rings (SSSR count). The summed E-state index contributed by atoms with van der Waals surface area (Å²) in [7, 11) is 0. The van der Waals surface area contributed by atoms with Crippen LogP contribution in [0, 0.1) is 11.8 Å². The standard InChI is InChI=1S/C11H16N2O/c1-2-13-9-8-12-11(13)7-5-3-4-6-10-14/h8-9,14H,2,4,6-7,10H2,1H3. The van der Waals surface area contributed by atoms with Crippen molar-refractivity contribution in [2.45, 2.75) is 32.7 Å². The van der Waals surface area contributed by atoms with Crippen molar-refractivity contribution in [3.05, 3.63) is 18.2 Å². The Morgan fingerprint density at radius 3 is 3.07 bits per heavy atom. The number of unbranched alkanes of at least 4 members (excludes halogenated alkanes) is 1. The van der Waals surface area contributed by atoms with Gasteiger partial charge in [0.1, 0.15) is 5.82 Å². The molecule has 1 aromatic rings. The zero-order valence-corrected chi connectivity index (χ0v) is 8.53. The van der Waals surface area contributed by atoms with Gasteiger partial charge in [-0.2, -0.15) is 0 Å². The maximum atomic E-state index is 8.55. The van der Waals surface area contributed by atoms with E-state index in [1.807, 2.05) is 6.20 Å². The molecule has 0 aliphatic heterocycles. The van der Waals surface area contributed by atoms with Crippen molar-refractivity contribution >= 4 is 0 Å². The SMILES string of the molecule is CCn1ccnc1CC#CCCCO. The van der Waals surface area contributed by atoms with Crippen LogP contribution in [0.3, 0.4) is 0 Å². The van der Waals surface area contributed by atoms with E-state index in [1.165, 1.54) is 0 Å². The average Bonchev–Trinajstić information content (AvgIpc) is 2.65. The van der Waals surface area contributed by atoms with Gasteiger partial charge in [-0.05, 0) is 13.3 Å². The number of hydrogen-bond acceptors (Lipinski definition) is 2. The van der Waals surface area contributed by atoms with Gasteiger partial charge in [-0.25, -0.2) is 4.98 Å². The molecule has 1 aromatic heterocycles. The van der Waals surface area contributed by atoms with Crippen LogP contribution in [0.4, 0.5) is 0 Å². The van der Waals surface area contributed by atoms with Crippen molar-refractivity contribution in [1.82, 2.24) is 9.55 Å². The summed E-state index contributed by atoms with van der Waals surface area (Å²) in [5, 5.41) is 8.55. The van der Waals surface area contributed by atoms with E-state index in [0.717, 1.165) is 25.2 Å². The second-order valence-corrected chi connectivity index (χ2v) is 2.99. The summed E-state index contributed by atoms with van der Waals surface area (Å²) in [6, 6.07) is 0. The lowest BCUT2D eigenvalue weighted by molar-refractivity contribution is 0.290. The first-order chi connectivity index (χ1) is 6.88. The normalized spacial score (nSPS) is 9.57. The van der Waals surface area contributed by atoms with Gasteiger partial charge in [-0.15, -0.1) is 5.92 Å². The first-order valence-electron chi connectivity index (χ1n) is 4.95. The summed E-state index contributed by atoms with van der Waals surface area (Å²) >= 11 is 0. The molecule has 0 unspecified atom stereocenters. The number of aromatic nitrogens is 2. The molecule has 0 bridgehead atoms. The quantitative estimate of drug-likeness (QED) is 0.575.